The number of rotatable bonds is 2. The molecule has 0 heterocycles. The molecule has 3 rings (SSSR count). The van der Waals surface area contributed by atoms with Gasteiger partial charge in [0.05, 0.1) is 0 Å². The first kappa shape index (κ1) is 8.32. The molecule has 0 nitrogen and oxygen atoms in total. The first-order valence-corrected chi connectivity index (χ1v) is 6.11. The summed E-state index contributed by atoms with van der Waals surface area (Å²) in [5.74, 6) is 5.45. The van der Waals surface area contributed by atoms with E-state index in [4.69, 9.17) is 0 Å². The zero-order valence-corrected chi connectivity index (χ0v) is 9.22. The zero-order chi connectivity index (χ0) is 9.22. The molecule has 0 aromatic rings. The molecule has 0 N–H and O–H groups in total. The van der Waals surface area contributed by atoms with Crippen LogP contribution in [0.2, 0.25) is 0 Å². The first-order chi connectivity index (χ1) is 6.11. The highest BCUT2D eigenvalue weighted by Crippen LogP contribution is 2.70. The molecule has 0 saturated heterocycles. The van der Waals surface area contributed by atoms with Crippen molar-refractivity contribution in [3.05, 3.63) is 0 Å². The third-order valence-corrected chi connectivity index (χ3v) is 5.49. The molecule has 13 heavy (non-hydrogen) atoms. The molecule has 3 aliphatic carbocycles. The molecule has 0 heteroatoms. The van der Waals surface area contributed by atoms with E-state index in [0.29, 0.717) is 0 Å². The zero-order valence-electron chi connectivity index (χ0n) is 9.22. The Morgan fingerprint density at radius 3 is 2.23 bits per heavy atom. The average molecular weight is 178 g/mol. The molecule has 0 spiro atoms. The highest BCUT2D eigenvalue weighted by Gasteiger charge is 2.62. The van der Waals surface area contributed by atoms with E-state index in [-0.39, 0.29) is 0 Å². The molecule has 3 aliphatic rings. The van der Waals surface area contributed by atoms with Crippen LogP contribution in [0.3, 0.4) is 0 Å². The lowest BCUT2D eigenvalue weighted by molar-refractivity contribution is 0.308. The van der Waals surface area contributed by atoms with Gasteiger partial charge in [0.2, 0.25) is 0 Å². The number of hydrogen-bond donors (Lipinski definition) is 0. The third-order valence-electron chi connectivity index (χ3n) is 5.49. The van der Waals surface area contributed by atoms with Crippen molar-refractivity contribution < 1.29 is 0 Å². The van der Waals surface area contributed by atoms with Crippen LogP contribution in [-0.2, 0) is 0 Å². The molecule has 74 valence electrons. The van der Waals surface area contributed by atoms with Crippen molar-refractivity contribution in [1.82, 2.24) is 0 Å². The SMILES string of the molecule is CC1CC1CC1CC(C)C2CC12C. The van der Waals surface area contributed by atoms with Gasteiger partial charge >= 0.3 is 0 Å². The second-order valence-corrected chi connectivity index (χ2v) is 6.44. The summed E-state index contributed by atoms with van der Waals surface area (Å²) in [4.78, 5) is 0. The van der Waals surface area contributed by atoms with Gasteiger partial charge in [0, 0.05) is 0 Å². The molecule has 0 aliphatic heterocycles. The van der Waals surface area contributed by atoms with E-state index in [9.17, 15) is 0 Å². The molecule has 3 fully saturated rings. The Balaban J connectivity index is 1.65. The summed E-state index contributed by atoms with van der Waals surface area (Å²) in [5.41, 5.74) is 0.807. The van der Waals surface area contributed by atoms with Crippen LogP contribution < -0.4 is 0 Å². The summed E-state index contributed by atoms with van der Waals surface area (Å²) in [6, 6.07) is 0. The van der Waals surface area contributed by atoms with Crippen LogP contribution in [0.15, 0.2) is 0 Å². The summed E-state index contributed by atoms with van der Waals surface area (Å²) in [5, 5.41) is 0. The molecular formula is C13H22. The molecule has 0 bridgehead atoms. The molecular weight excluding hydrogens is 156 g/mol. The van der Waals surface area contributed by atoms with Gasteiger partial charge < -0.3 is 0 Å². The summed E-state index contributed by atoms with van der Waals surface area (Å²) >= 11 is 0. The molecule has 6 atom stereocenters. The Morgan fingerprint density at radius 2 is 1.85 bits per heavy atom. The van der Waals surface area contributed by atoms with Gasteiger partial charge in [-0.05, 0) is 60.7 Å². The Kier molecular flexibility index (Phi) is 1.49. The fraction of sp³-hybridized carbons (Fsp3) is 1.00. The molecule has 6 unspecified atom stereocenters. The number of hydrogen-bond acceptors (Lipinski definition) is 0. The predicted octanol–water partition coefficient (Wildman–Crippen LogP) is 3.71. The third kappa shape index (κ3) is 1.10. The van der Waals surface area contributed by atoms with Crippen molar-refractivity contribution >= 4 is 0 Å². The van der Waals surface area contributed by atoms with Gasteiger partial charge in [0.1, 0.15) is 0 Å². The van der Waals surface area contributed by atoms with E-state index in [0.717, 1.165) is 35.0 Å². The fourth-order valence-electron chi connectivity index (χ4n) is 4.08. The summed E-state index contributed by atoms with van der Waals surface area (Å²) in [6.07, 6.45) is 6.20. The standard InChI is InChI=1S/C13H22/c1-8-4-10(8)6-11-5-9(2)12-7-13(11,12)3/h8-12H,4-7H2,1-3H3. The topological polar surface area (TPSA) is 0 Å². The minimum atomic E-state index is 0.807. The van der Waals surface area contributed by atoms with Gasteiger partial charge in [0.25, 0.3) is 0 Å². The van der Waals surface area contributed by atoms with Gasteiger partial charge in [-0.25, -0.2) is 0 Å². The van der Waals surface area contributed by atoms with E-state index < -0.39 is 0 Å². The van der Waals surface area contributed by atoms with Crippen molar-refractivity contribution in [2.45, 2.75) is 46.5 Å². The number of fused-ring (bicyclic) bond motifs is 1. The normalized spacial score (nSPS) is 63.5. The molecule has 0 amide bonds. The van der Waals surface area contributed by atoms with Crippen LogP contribution in [-0.4, -0.2) is 0 Å². The van der Waals surface area contributed by atoms with Crippen LogP contribution in [0.5, 0.6) is 0 Å². The minimum Gasteiger partial charge on any atom is -0.0622 e. The maximum Gasteiger partial charge on any atom is -0.0263 e. The van der Waals surface area contributed by atoms with Crippen molar-refractivity contribution in [1.29, 1.82) is 0 Å². The van der Waals surface area contributed by atoms with Crippen LogP contribution >= 0.6 is 0 Å². The van der Waals surface area contributed by atoms with Gasteiger partial charge in [-0.3, -0.25) is 0 Å². The fourth-order valence-corrected chi connectivity index (χ4v) is 4.08. The van der Waals surface area contributed by atoms with Gasteiger partial charge in [-0.2, -0.15) is 0 Å². The van der Waals surface area contributed by atoms with E-state index in [1.807, 2.05) is 0 Å². The molecule has 3 saturated carbocycles. The van der Waals surface area contributed by atoms with Crippen LogP contribution in [0, 0.1) is 35.0 Å². The Labute approximate surface area is 82.1 Å². The van der Waals surface area contributed by atoms with E-state index in [1.54, 1.807) is 19.3 Å². The summed E-state index contributed by atoms with van der Waals surface area (Å²) in [6.45, 7) is 7.46. The van der Waals surface area contributed by atoms with Crippen molar-refractivity contribution in [2.24, 2.45) is 35.0 Å². The maximum atomic E-state index is 2.55. The highest BCUT2D eigenvalue weighted by atomic mass is 14.7. The molecule has 0 radical (unpaired) electrons. The molecule has 0 aromatic carbocycles. The maximum absolute atomic E-state index is 2.55. The Bertz CT molecular complexity index is 232. The van der Waals surface area contributed by atoms with E-state index in [1.165, 1.54) is 6.42 Å². The lowest BCUT2D eigenvalue weighted by atomic mass is 9.86. The second-order valence-electron chi connectivity index (χ2n) is 6.44. The van der Waals surface area contributed by atoms with Crippen LogP contribution in [0.4, 0.5) is 0 Å². The van der Waals surface area contributed by atoms with E-state index >= 15 is 0 Å². The van der Waals surface area contributed by atoms with Crippen LogP contribution in [0.25, 0.3) is 0 Å². The van der Waals surface area contributed by atoms with Crippen molar-refractivity contribution in [3.8, 4) is 0 Å². The van der Waals surface area contributed by atoms with Crippen molar-refractivity contribution in [2.75, 3.05) is 0 Å². The largest absolute Gasteiger partial charge is 0.0622 e. The van der Waals surface area contributed by atoms with Gasteiger partial charge in [-0.15, -0.1) is 0 Å². The predicted molar refractivity (Wildman–Crippen MR) is 55.4 cm³/mol. The second kappa shape index (κ2) is 2.32. The first-order valence-electron chi connectivity index (χ1n) is 6.11. The average Bonchev–Trinajstić information content (AvgIpc) is 2.89. The van der Waals surface area contributed by atoms with E-state index in [2.05, 4.69) is 20.8 Å². The summed E-state index contributed by atoms with van der Waals surface area (Å²) in [7, 11) is 0. The molecule has 0 aromatic heterocycles. The highest BCUT2D eigenvalue weighted by molar-refractivity contribution is 5.11. The van der Waals surface area contributed by atoms with Crippen molar-refractivity contribution in [3.63, 3.8) is 0 Å². The van der Waals surface area contributed by atoms with Gasteiger partial charge in [0.15, 0.2) is 0 Å². The summed E-state index contributed by atoms with van der Waals surface area (Å²) < 4.78 is 0. The van der Waals surface area contributed by atoms with Crippen LogP contribution in [0.1, 0.15) is 46.5 Å². The Morgan fingerprint density at radius 1 is 1.15 bits per heavy atom. The lowest BCUT2D eigenvalue weighted by Gasteiger charge is -2.19. The van der Waals surface area contributed by atoms with Gasteiger partial charge in [-0.1, -0.05) is 20.8 Å². The monoisotopic (exact) mass is 178 g/mol. The smallest absolute Gasteiger partial charge is 0.0263 e. The quantitative estimate of drug-likeness (QED) is 0.604. The Hall–Kier alpha value is 0. The minimum absolute atomic E-state index is 0.807. The lowest BCUT2D eigenvalue weighted by Crippen LogP contribution is -2.10.